The fourth-order valence-corrected chi connectivity index (χ4v) is 2.44. The van der Waals surface area contributed by atoms with E-state index in [4.69, 9.17) is 4.74 Å². The molecule has 0 spiro atoms. The molecule has 0 aliphatic heterocycles. The average molecular weight is 251 g/mol. The van der Waals surface area contributed by atoms with E-state index in [1.54, 1.807) is 31.4 Å². The molecule has 4 nitrogen and oxygen atoms in total. The van der Waals surface area contributed by atoms with Gasteiger partial charge in [0.1, 0.15) is 5.75 Å². The van der Waals surface area contributed by atoms with Crippen LogP contribution in [-0.2, 0) is 10.0 Å². The summed E-state index contributed by atoms with van der Waals surface area (Å²) in [4.78, 5) is 0.233. The largest absolute Gasteiger partial charge is 0.496 e. The van der Waals surface area contributed by atoms with E-state index in [1.807, 2.05) is 12.1 Å². The minimum atomic E-state index is -3.42. The van der Waals surface area contributed by atoms with Gasteiger partial charge in [0.25, 0.3) is 0 Å². The van der Waals surface area contributed by atoms with Crippen LogP contribution in [0.4, 0.5) is 0 Å². The monoisotopic (exact) mass is 251 g/mol. The lowest BCUT2D eigenvalue weighted by molar-refractivity contribution is 0.420. The van der Waals surface area contributed by atoms with Gasteiger partial charge in [-0.1, -0.05) is 18.2 Å². The second-order valence-electron chi connectivity index (χ2n) is 3.55. The standard InChI is InChI=1S/C12H13NO3S/c1-13-17(14,15)10-7-6-9-4-3-5-12(16-2)11(9)8-10/h3-8,13H,1-2H3. The maximum atomic E-state index is 11.7. The highest BCUT2D eigenvalue weighted by atomic mass is 32.2. The number of methoxy groups -OCH3 is 1. The van der Waals surface area contributed by atoms with E-state index in [9.17, 15) is 8.42 Å². The maximum Gasteiger partial charge on any atom is 0.240 e. The van der Waals surface area contributed by atoms with Gasteiger partial charge in [-0.3, -0.25) is 0 Å². The van der Waals surface area contributed by atoms with Crippen molar-refractivity contribution in [3.63, 3.8) is 0 Å². The van der Waals surface area contributed by atoms with Crippen LogP contribution >= 0.6 is 0 Å². The summed E-state index contributed by atoms with van der Waals surface area (Å²) < 4.78 is 30.9. The van der Waals surface area contributed by atoms with Gasteiger partial charge < -0.3 is 4.74 Å². The SMILES string of the molecule is CNS(=O)(=O)c1ccc2cccc(OC)c2c1. The molecule has 0 aromatic heterocycles. The first-order valence-corrected chi connectivity index (χ1v) is 6.57. The fraction of sp³-hybridized carbons (Fsp3) is 0.167. The number of ether oxygens (including phenoxy) is 1. The third-order valence-corrected chi connectivity index (χ3v) is 4.02. The van der Waals surface area contributed by atoms with Crippen LogP contribution < -0.4 is 9.46 Å². The Morgan fingerprint density at radius 1 is 1.18 bits per heavy atom. The predicted octanol–water partition coefficient (Wildman–Crippen LogP) is 1.76. The molecule has 1 N–H and O–H groups in total. The number of sulfonamides is 1. The molecule has 2 aromatic carbocycles. The molecular formula is C12H13NO3S. The highest BCUT2D eigenvalue weighted by Crippen LogP contribution is 2.27. The molecule has 2 rings (SSSR count). The summed E-state index contributed by atoms with van der Waals surface area (Å²) in [5.74, 6) is 0.663. The van der Waals surface area contributed by atoms with Crippen molar-refractivity contribution in [1.82, 2.24) is 4.72 Å². The van der Waals surface area contributed by atoms with Gasteiger partial charge in [-0.05, 0) is 30.6 Å². The molecule has 0 unspecified atom stereocenters. The number of benzene rings is 2. The molecular weight excluding hydrogens is 238 g/mol. The van der Waals surface area contributed by atoms with Gasteiger partial charge in [-0.15, -0.1) is 0 Å². The van der Waals surface area contributed by atoms with Crippen LogP contribution in [0.3, 0.4) is 0 Å². The lowest BCUT2D eigenvalue weighted by Gasteiger charge is -2.07. The molecule has 0 aliphatic carbocycles. The Balaban J connectivity index is 2.72. The topological polar surface area (TPSA) is 55.4 Å². The lowest BCUT2D eigenvalue weighted by atomic mass is 10.1. The first-order valence-electron chi connectivity index (χ1n) is 5.09. The molecule has 0 saturated heterocycles. The minimum absolute atomic E-state index is 0.233. The number of hydrogen-bond acceptors (Lipinski definition) is 3. The number of nitrogens with one attached hydrogen (secondary N) is 1. The summed E-state index contributed by atoms with van der Waals surface area (Å²) in [6.45, 7) is 0. The predicted molar refractivity (Wildman–Crippen MR) is 66.7 cm³/mol. The molecule has 0 amide bonds. The third-order valence-electron chi connectivity index (χ3n) is 2.61. The Labute approximate surface area is 100 Å². The van der Waals surface area contributed by atoms with Crippen LogP contribution in [0.15, 0.2) is 41.3 Å². The molecule has 0 radical (unpaired) electrons. The second-order valence-corrected chi connectivity index (χ2v) is 5.44. The van der Waals surface area contributed by atoms with Crippen molar-refractivity contribution >= 4 is 20.8 Å². The first-order chi connectivity index (χ1) is 8.08. The van der Waals surface area contributed by atoms with Gasteiger partial charge in [0.15, 0.2) is 0 Å². The zero-order chi connectivity index (χ0) is 12.5. The first kappa shape index (κ1) is 11.9. The number of rotatable bonds is 3. The zero-order valence-corrected chi connectivity index (χ0v) is 10.4. The minimum Gasteiger partial charge on any atom is -0.496 e. The molecule has 5 heteroatoms. The maximum absolute atomic E-state index is 11.7. The van der Waals surface area contributed by atoms with Crippen LogP contribution in [0.5, 0.6) is 5.75 Å². The van der Waals surface area contributed by atoms with Crippen LogP contribution in [-0.4, -0.2) is 22.6 Å². The van der Waals surface area contributed by atoms with Gasteiger partial charge in [0.2, 0.25) is 10.0 Å². The molecule has 90 valence electrons. The van der Waals surface area contributed by atoms with Crippen LogP contribution in [0.1, 0.15) is 0 Å². The summed E-state index contributed by atoms with van der Waals surface area (Å²) >= 11 is 0. The van der Waals surface area contributed by atoms with E-state index in [2.05, 4.69) is 4.72 Å². The fourth-order valence-electron chi connectivity index (χ4n) is 1.69. The van der Waals surface area contributed by atoms with Gasteiger partial charge in [0.05, 0.1) is 12.0 Å². The molecule has 0 bridgehead atoms. The van der Waals surface area contributed by atoms with E-state index < -0.39 is 10.0 Å². The Bertz CT molecular complexity index is 650. The van der Waals surface area contributed by atoms with E-state index >= 15 is 0 Å². The summed E-state index contributed by atoms with van der Waals surface area (Å²) in [6.07, 6.45) is 0. The summed E-state index contributed by atoms with van der Waals surface area (Å²) in [7, 11) is -0.466. The van der Waals surface area contributed by atoms with Crippen molar-refractivity contribution in [2.45, 2.75) is 4.90 Å². The van der Waals surface area contributed by atoms with Gasteiger partial charge >= 0.3 is 0 Å². The molecule has 0 saturated carbocycles. The van der Waals surface area contributed by atoms with Crippen molar-refractivity contribution in [2.24, 2.45) is 0 Å². The van der Waals surface area contributed by atoms with Crippen LogP contribution in [0.25, 0.3) is 10.8 Å². The lowest BCUT2D eigenvalue weighted by Crippen LogP contribution is -2.18. The van der Waals surface area contributed by atoms with Crippen LogP contribution in [0, 0.1) is 0 Å². The quantitative estimate of drug-likeness (QED) is 0.904. The Morgan fingerprint density at radius 2 is 1.94 bits per heavy atom. The Kier molecular flexibility index (Phi) is 3.04. The Hall–Kier alpha value is -1.59. The van der Waals surface area contributed by atoms with Crippen LogP contribution in [0.2, 0.25) is 0 Å². The Morgan fingerprint density at radius 3 is 2.59 bits per heavy atom. The molecule has 0 heterocycles. The van der Waals surface area contributed by atoms with Crippen molar-refractivity contribution in [3.8, 4) is 5.75 Å². The zero-order valence-electron chi connectivity index (χ0n) is 9.60. The summed E-state index contributed by atoms with van der Waals surface area (Å²) in [6, 6.07) is 10.5. The second kappa shape index (κ2) is 4.35. The van der Waals surface area contributed by atoms with Gasteiger partial charge in [0, 0.05) is 5.39 Å². The molecule has 0 aliphatic rings. The van der Waals surface area contributed by atoms with Gasteiger partial charge in [-0.2, -0.15) is 0 Å². The van der Waals surface area contributed by atoms with Crippen molar-refractivity contribution in [3.05, 3.63) is 36.4 Å². The normalized spacial score (nSPS) is 11.6. The van der Waals surface area contributed by atoms with E-state index in [1.165, 1.54) is 7.05 Å². The summed E-state index contributed by atoms with van der Waals surface area (Å²) in [5.41, 5.74) is 0. The van der Waals surface area contributed by atoms with E-state index in [0.29, 0.717) is 5.75 Å². The smallest absolute Gasteiger partial charge is 0.240 e. The van der Waals surface area contributed by atoms with Crippen molar-refractivity contribution < 1.29 is 13.2 Å². The third kappa shape index (κ3) is 2.11. The summed E-state index contributed by atoms with van der Waals surface area (Å²) in [5, 5.41) is 1.73. The molecule has 17 heavy (non-hydrogen) atoms. The van der Waals surface area contributed by atoms with Crippen molar-refractivity contribution in [2.75, 3.05) is 14.2 Å². The molecule has 0 fully saturated rings. The molecule has 2 aromatic rings. The highest BCUT2D eigenvalue weighted by Gasteiger charge is 2.12. The van der Waals surface area contributed by atoms with E-state index in [0.717, 1.165) is 10.8 Å². The number of hydrogen-bond donors (Lipinski definition) is 1. The van der Waals surface area contributed by atoms with Gasteiger partial charge in [-0.25, -0.2) is 13.1 Å². The highest BCUT2D eigenvalue weighted by molar-refractivity contribution is 7.89. The van der Waals surface area contributed by atoms with E-state index in [-0.39, 0.29) is 4.90 Å². The van der Waals surface area contributed by atoms with Crippen molar-refractivity contribution in [1.29, 1.82) is 0 Å². The molecule has 0 atom stereocenters. The average Bonchev–Trinajstić information content (AvgIpc) is 2.37. The number of fused-ring (bicyclic) bond motifs is 1.